The molecule has 0 unspecified atom stereocenters. The number of aromatic nitrogens is 1. The van der Waals surface area contributed by atoms with E-state index in [1.807, 2.05) is 13.8 Å². The maximum absolute atomic E-state index is 5.40. The first-order chi connectivity index (χ1) is 6.79. The van der Waals surface area contributed by atoms with Gasteiger partial charge in [0.1, 0.15) is 5.76 Å². The standard InChI is InChI=1S/C10H18N2O2/c1-9(2)13-5-3-4-11-6-10-7-12-8-14-10/h7-9,11H,3-6H2,1-2H3. The van der Waals surface area contributed by atoms with Gasteiger partial charge in [-0.1, -0.05) is 0 Å². The van der Waals surface area contributed by atoms with Gasteiger partial charge in [-0.25, -0.2) is 4.98 Å². The van der Waals surface area contributed by atoms with Gasteiger partial charge in [0, 0.05) is 6.61 Å². The minimum atomic E-state index is 0.323. The Morgan fingerprint density at radius 3 is 3.07 bits per heavy atom. The lowest BCUT2D eigenvalue weighted by Gasteiger charge is -2.07. The van der Waals surface area contributed by atoms with Crippen LogP contribution in [-0.2, 0) is 11.3 Å². The highest BCUT2D eigenvalue weighted by Gasteiger charge is 1.96. The molecule has 0 radical (unpaired) electrons. The minimum Gasteiger partial charge on any atom is -0.447 e. The summed E-state index contributed by atoms with van der Waals surface area (Å²) in [6.07, 6.45) is 4.51. The smallest absolute Gasteiger partial charge is 0.180 e. The molecule has 4 heteroatoms. The molecule has 0 saturated heterocycles. The SMILES string of the molecule is CC(C)OCCCNCc1cnco1. The Hall–Kier alpha value is -0.870. The van der Waals surface area contributed by atoms with Gasteiger partial charge in [0.2, 0.25) is 0 Å². The van der Waals surface area contributed by atoms with Crippen LogP contribution in [0.2, 0.25) is 0 Å². The maximum atomic E-state index is 5.40. The molecule has 0 aliphatic carbocycles. The zero-order valence-corrected chi connectivity index (χ0v) is 8.82. The molecule has 1 heterocycles. The Balaban J connectivity index is 1.90. The second-order valence-electron chi connectivity index (χ2n) is 3.42. The first-order valence-electron chi connectivity index (χ1n) is 4.98. The maximum Gasteiger partial charge on any atom is 0.180 e. The van der Waals surface area contributed by atoms with Crippen LogP contribution in [0, 0.1) is 0 Å². The molecule has 0 aromatic carbocycles. The molecule has 0 spiro atoms. The van der Waals surface area contributed by atoms with Crippen LogP contribution >= 0.6 is 0 Å². The van der Waals surface area contributed by atoms with Crippen molar-refractivity contribution in [3.05, 3.63) is 18.4 Å². The highest BCUT2D eigenvalue weighted by atomic mass is 16.5. The molecule has 4 nitrogen and oxygen atoms in total. The summed E-state index contributed by atoms with van der Waals surface area (Å²) in [6, 6.07) is 0. The zero-order chi connectivity index (χ0) is 10.2. The van der Waals surface area contributed by atoms with Crippen molar-refractivity contribution < 1.29 is 9.15 Å². The predicted octanol–water partition coefficient (Wildman–Crippen LogP) is 1.58. The van der Waals surface area contributed by atoms with Gasteiger partial charge in [-0.05, 0) is 26.8 Å². The Morgan fingerprint density at radius 2 is 2.43 bits per heavy atom. The number of rotatable bonds is 7. The molecule has 0 bridgehead atoms. The summed E-state index contributed by atoms with van der Waals surface area (Å²) in [7, 11) is 0. The van der Waals surface area contributed by atoms with E-state index >= 15 is 0 Å². The van der Waals surface area contributed by atoms with Crippen LogP contribution in [0.4, 0.5) is 0 Å². The number of oxazole rings is 1. The van der Waals surface area contributed by atoms with Gasteiger partial charge in [0.25, 0.3) is 0 Å². The summed E-state index contributed by atoms with van der Waals surface area (Å²) >= 11 is 0. The van der Waals surface area contributed by atoms with E-state index in [4.69, 9.17) is 9.15 Å². The largest absolute Gasteiger partial charge is 0.447 e. The van der Waals surface area contributed by atoms with Crippen molar-refractivity contribution in [2.75, 3.05) is 13.2 Å². The predicted molar refractivity (Wildman–Crippen MR) is 53.9 cm³/mol. The zero-order valence-electron chi connectivity index (χ0n) is 8.82. The third-order valence-electron chi connectivity index (χ3n) is 1.73. The first-order valence-corrected chi connectivity index (χ1v) is 4.98. The molecule has 14 heavy (non-hydrogen) atoms. The average molecular weight is 198 g/mol. The molecule has 1 aromatic rings. The van der Waals surface area contributed by atoms with Crippen molar-refractivity contribution in [2.24, 2.45) is 0 Å². The van der Waals surface area contributed by atoms with E-state index in [0.29, 0.717) is 6.10 Å². The van der Waals surface area contributed by atoms with E-state index in [-0.39, 0.29) is 0 Å². The molecule has 0 saturated carbocycles. The highest BCUT2D eigenvalue weighted by Crippen LogP contribution is 1.95. The molecule has 0 aliphatic heterocycles. The number of hydrogen-bond acceptors (Lipinski definition) is 4. The van der Waals surface area contributed by atoms with Crippen molar-refractivity contribution in [3.8, 4) is 0 Å². The fourth-order valence-corrected chi connectivity index (χ4v) is 1.06. The molecule has 1 rings (SSSR count). The minimum absolute atomic E-state index is 0.323. The van der Waals surface area contributed by atoms with Crippen molar-refractivity contribution in [3.63, 3.8) is 0 Å². The van der Waals surface area contributed by atoms with Crippen molar-refractivity contribution in [1.29, 1.82) is 0 Å². The van der Waals surface area contributed by atoms with Crippen LogP contribution in [-0.4, -0.2) is 24.2 Å². The van der Waals surface area contributed by atoms with E-state index in [9.17, 15) is 0 Å². The molecule has 80 valence electrons. The topological polar surface area (TPSA) is 47.3 Å². The summed E-state index contributed by atoms with van der Waals surface area (Å²) in [5.74, 6) is 0.870. The number of nitrogens with zero attached hydrogens (tertiary/aromatic N) is 1. The second-order valence-corrected chi connectivity index (χ2v) is 3.42. The first kappa shape index (κ1) is 11.2. The lowest BCUT2D eigenvalue weighted by Crippen LogP contribution is -2.17. The second kappa shape index (κ2) is 6.56. The third kappa shape index (κ3) is 4.99. The molecular weight excluding hydrogens is 180 g/mol. The van der Waals surface area contributed by atoms with E-state index in [1.165, 1.54) is 6.39 Å². The van der Waals surface area contributed by atoms with Gasteiger partial charge in [0.15, 0.2) is 6.39 Å². The molecule has 0 atom stereocenters. The molecule has 0 amide bonds. The van der Waals surface area contributed by atoms with Gasteiger partial charge in [-0.2, -0.15) is 0 Å². The van der Waals surface area contributed by atoms with Gasteiger partial charge in [-0.3, -0.25) is 0 Å². The summed E-state index contributed by atoms with van der Waals surface area (Å²) in [6.45, 7) is 6.57. The number of hydrogen-bond donors (Lipinski definition) is 1. The van der Waals surface area contributed by atoms with Crippen molar-refractivity contribution in [1.82, 2.24) is 10.3 Å². The van der Waals surface area contributed by atoms with Crippen LogP contribution in [0.3, 0.4) is 0 Å². The summed E-state index contributed by atoms with van der Waals surface area (Å²) in [4.78, 5) is 3.83. The quantitative estimate of drug-likeness (QED) is 0.676. The third-order valence-corrected chi connectivity index (χ3v) is 1.73. The Morgan fingerprint density at radius 1 is 1.57 bits per heavy atom. The molecular formula is C10H18N2O2. The Kier molecular flexibility index (Phi) is 5.25. The lowest BCUT2D eigenvalue weighted by molar-refractivity contribution is 0.0770. The van der Waals surface area contributed by atoms with Crippen LogP contribution in [0.1, 0.15) is 26.0 Å². The van der Waals surface area contributed by atoms with Crippen LogP contribution in [0.5, 0.6) is 0 Å². The van der Waals surface area contributed by atoms with E-state index in [2.05, 4.69) is 10.3 Å². The number of nitrogens with one attached hydrogen (secondary N) is 1. The molecule has 1 aromatic heterocycles. The van der Waals surface area contributed by atoms with Crippen molar-refractivity contribution in [2.45, 2.75) is 32.9 Å². The van der Waals surface area contributed by atoms with Gasteiger partial charge in [-0.15, -0.1) is 0 Å². The molecule has 1 N–H and O–H groups in total. The van der Waals surface area contributed by atoms with E-state index in [0.717, 1.165) is 31.9 Å². The number of ether oxygens (including phenoxy) is 1. The monoisotopic (exact) mass is 198 g/mol. The van der Waals surface area contributed by atoms with E-state index < -0.39 is 0 Å². The molecule has 0 aliphatic rings. The lowest BCUT2D eigenvalue weighted by atomic mass is 10.4. The van der Waals surface area contributed by atoms with Gasteiger partial charge < -0.3 is 14.5 Å². The fourth-order valence-electron chi connectivity index (χ4n) is 1.06. The normalized spacial score (nSPS) is 11.1. The average Bonchev–Trinajstić information content (AvgIpc) is 2.63. The van der Waals surface area contributed by atoms with Gasteiger partial charge in [0.05, 0.1) is 18.8 Å². The van der Waals surface area contributed by atoms with E-state index in [1.54, 1.807) is 6.20 Å². The molecule has 0 fully saturated rings. The van der Waals surface area contributed by atoms with Crippen LogP contribution in [0.15, 0.2) is 17.0 Å². The summed E-state index contributed by atoms with van der Waals surface area (Å²) in [5, 5.41) is 3.25. The Bertz CT molecular complexity index is 222. The fraction of sp³-hybridized carbons (Fsp3) is 0.700. The summed E-state index contributed by atoms with van der Waals surface area (Å²) < 4.78 is 10.5. The summed E-state index contributed by atoms with van der Waals surface area (Å²) in [5.41, 5.74) is 0. The van der Waals surface area contributed by atoms with Crippen molar-refractivity contribution >= 4 is 0 Å². The van der Waals surface area contributed by atoms with Crippen LogP contribution < -0.4 is 5.32 Å². The highest BCUT2D eigenvalue weighted by molar-refractivity contribution is 4.86. The van der Waals surface area contributed by atoms with Gasteiger partial charge >= 0.3 is 0 Å². The van der Waals surface area contributed by atoms with Crippen LogP contribution in [0.25, 0.3) is 0 Å². The Labute approximate surface area is 84.7 Å².